The van der Waals surface area contributed by atoms with Crippen molar-refractivity contribution in [3.63, 3.8) is 0 Å². The molecule has 3 aromatic carbocycles. The third kappa shape index (κ3) is 4.52. The lowest BCUT2D eigenvalue weighted by molar-refractivity contribution is 0.627. The van der Waals surface area contributed by atoms with Crippen molar-refractivity contribution in [3.8, 4) is 11.4 Å². The van der Waals surface area contributed by atoms with Gasteiger partial charge in [-0.25, -0.2) is 4.39 Å². The van der Waals surface area contributed by atoms with Crippen LogP contribution in [0, 0.1) is 5.82 Å². The second-order valence-corrected chi connectivity index (χ2v) is 8.38. The first kappa shape index (κ1) is 19.7. The highest BCUT2D eigenvalue weighted by molar-refractivity contribution is 7.99. The molecule has 0 radical (unpaired) electrons. The van der Waals surface area contributed by atoms with E-state index in [2.05, 4.69) is 33.8 Å². The van der Waals surface area contributed by atoms with Crippen molar-refractivity contribution >= 4 is 23.4 Å². The standard InChI is InChI=1S/C23H19ClFN3S/c1-16(18-11-13-19(25)14-12-18)29-23-27-26-22(20-9-5-6-10-21(20)24)28(23)15-17-7-3-2-4-8-17/h2-14,16H,15H2,1H3. The molecule has 0 bridgehead atoms. The Morgan fingerprint density at radius 3 is 2.34 bits per heavy atom. The van der Waals surface area contributed by atoms with Gasteiger partial charge in [0.25, 0.3) is 0 Å². The average molecular weight is 424 g/mol. The number of nitrogens with zero attached hydrogens (tertiary/aromatic N) is 3. The lowest BCUT2D eigenvalue weighted by Crippen LogP contribution is -2.05. The zero-order valence-electron chi connectivity index (χ0n) is 15.8. The van der Waals surface area contributed by atoms with Crippen LogP contribution in [0.25, 0.3) is 11.4 Å². The van der Waals surface area contributed by atoms with E-state index in [1.807, 2.05) is 42.5 Å². The van der Waals surface area contributed by atoms with Crippen LogP contribution in [-0.4, -0.2) is 14.8 Å². The number of hydrogen-bond donors (Lipinski definition) is 0. The molecule has 0 aliphatic heterocycles. The van der Waals surface area contributed by atoms with E-state index in [0.717, 1.165) is 27.7 Å². The minimum Gasteiger partial charge on any atom is -0.297 e. The molecule has 3 nitrogen and oxygen atoms in total. The molecule has 4 aromatic rings. The molecule has 0 fully saturated rings. The number of thioether (sulfide) groups is 1. The van der Waals surface area contributed by atoms with E-state index in [4.69, 9.17) is 11.6 Å². The van der Waals surface area contributed by atoms with Crippen LogP contribution >= 0.6 is 23.4 Å². The smallest absolute Gasteiger partial charge is 0.192 e. The van der Waals surface area contributed by atoms with E-state index in [1.165, 1.54) is 12.1 Å². The van der Waals surface area contributed by atoms with Gasteiger partial charge in [0.2, 0.25) is 0 Å². The van der Waals surface area contributed by atoms with Crippen LogP contribution < -0.4 is 0 Å². The van der Waals surface area contributed by atoms with Gasteiger partial charge in [0.1, 0.15) is 5.82 Å². The largest absolute Gasteiger partial charge is 0.297 e. The second kappa shape index (κ2) is 8.80. The molecule has 0 amide bonds. The molecule has 0 aliphatic carbocycles. The molecule has 1 unspecified atom stereocenters. The van der Waals surface area contributed by atoms with Crippen molar-refractivity contribution in [3.05, 3.63) is 101 Å². The fraction of sp³-hybridized carbons (Fsp3) is 0.130. The lowest BCUT2D eigenvalue weighted by atomic mass is 10.2. The summed E-state index contributed by atoms with van der Waals surface area (Å²) in [5, 5.41) is 10.4. The van der Waals surface area contributed by atoms with Gasteiger partial charge in [0.15, 0.2) is 11.0 Å². The molecule has 1 heterocycles. The normalized spacial score (nSPS) is 12.1. The van der Waals surface area contributed by atoms with Gasteiger partial charge in [-0.15, -0.1) is 10.2 Å². The summed E-state index contributed by atoms with van der Waals surface area (Å²) < 4.78 is 15.4. The van der Waals surface area contributed by atoms with Crippen molar-refractivity contribution in [1.29, 1.82) is 0 Å². The molecule has 146 valence electrons. The Bertz CT molecular complexity index is 1100. The molecule has 29 heavy (non-hydrogen) atoms. The zero-order valence-corrected chi connectivity index (χ0v) is 17.4. The van der Waals surface area contributed by atoms with Crippen molar-refractivity contribution in [2.75, 3.05) is 0 Å². The maximum absolute atomic E-state index is 13.3. The summed E-state index contributed by atoms with van der Waals surface area (Å²) >= 11 is 8.03. The molecular weight excluding hydrogens is 405 g/mol. The van der Waals surface area contributed by atoms with Gasteiger partial charge in [0, 0.05) is 10.8 Å². The van der Waals surface area contributed by atoms with E-state index in [1.54, 1.807) is 23.9 Å². The van der Waals surface area contributed by atoms with E-state index >= 15 is 0 Å². The Hall–Kier alpha value is -2.63. The van der Waals surface area contributed by atoms with Crippen molar-refractivity contribution < 1.29 is 4.39 Å². The summed E-state index contributed by atoms with van der Waals surface area (Å²) in [6, 6.07) is 24.4. The molecule has 0 aliphatic rings. The minimum atomic E-state index is -0.237. The Kier molecular flexibility index (Phi) is 5.97. The van der Waals surface area contributed by atoms with Crippen molar-refractivity contribution in [1.82, 2.24) is 14.8 Å². The molecule has 0 saturated carbocycles. The maximum Gasteiger partial charge on any atom is 0.192 e. The summed E-state index contributed by atoms with van der Waals surface area (Å²) in [6.07, 6.45) is 0. The van der Waals surface area contributed by atoms with Gasteiger partial charge in [0.05, 0.1) is 11.6 Å². The summed E-state index contributed by atoms with van der Waals surface area (Å²) in [7, 11) is 0. The molecule has 0 saturated heterocycles. The highest BCUT2D eigenvalue weighted by atomic mass is 35.5. The average Bonchev–Trinajstić information content (AvgIpc) is 3.11. The van der Waals surface area contributed by atoms with Crippen LogP contribution in [0.4, 0.5) is 4.39 Å². The van der Waals surface area contributed by atoms with E-state index in [9.17, 15) is 4.39 Å². The molecule has 0 N–H and O–H groups in total. The lowest BCUT2D eigenvalue weighted by Gasteiger charge is -2.14. The zero-order chi connectivity index (χ0) is 20.2. The quantitative estimate of drug-likeness (QED) is 0.326. The first-order valence-corrected chi connectivity index (χ1v) is 10.5. The highest BCUT2D eigenvalue weighted by Gasteiger charge is 2.19. The van der Waals surface area contributed by atoms with Crippen LogP contribution in [0.3, 0.4) is 0 Å². The number of halogens is 2. The molecule has 1 atom stereocenters. The van der Waals surface area contributed by atoms with Crippen LogP contribution in [0.5, 0.6) is 0 Å². The summed E-state index contributed by atoms with van der Waals surface area (Å²) in [5.41, 5.74) is 3.03. The van der Waals surface area contributed by atoms with Gasteiger partial charge >= 0.3 is 0 Å². The first-order valence-electron chi connectivity index (χ1n) is 9.26. The fourth-order valence-corrected chi connectivity index (χ4v) is 4.28. The molecule has 1 aromatic heterocycles. The third-order valence-electron chi connectivity index (χ3n) is 4.64. The van der Waals surface area contributed by atoms with Gasteiger partial charge in [-0.1, -0.05) is 78.0 Å². The molecule has 0 spiro atoms. The predicted octanol–water partition coefficient (Wildman–Crippen LogP) is 6.64. The van der Waals surface area contributed by atoms with Gasteiger partial charge in [-0.3, -0.25) is 4.57 Å². The van der Waals surface area contributed by atoms with Gasteiger partial charge in [-0.05, 0) is 42.3 Å². The number of aromatic nitrogens is 3. The van der Waals surface area contributed by atoms with Crippen molar-refractivity contribution in [2.24, 2.45) is 0 Å². The van der Waals surface area contributed by atoms with E-state index in [-0.39, 0.29) is 11.1 Å². The Morgan fingerprint density at radius 1 is 0.931 bits per heavy atom. The van der Waals surface area contributed by atoms with E-state index in [0.29, 0.717) is 11.6 Å². The second-order valence-electron chi connectivity index (χ2n) is 6.67. The topological polar surface area (TPSA) is 30.7 Å². The van der Waals surface area contributed by atoms with Crippen LogP contribution in [0.1, 0.15) is 23.3 Å². The molecule has 4 rings (SSSR count). The van der Waals surface area contributed by atoms with Gasteiger partial charge in [-0.2, -0.15) is 0 Å². The van der Waals surface area contributed by atoms with Crippen LogP contribution in [0.15, 0.2) is 84.0 Å². The number of benzene rings is 3. The van der Waals surface area contributed by atoms with Gasteiger partial charge < -0.3 is 0 Å². The third-order valence-corrected chi connectivity index (χ3v) is 6.10. The monoisotopic (exact) mass is 423 g/mol. The number of rotatable bonds is 6. The van der Waals surface area contributed by atoms with Crippen LogP contribution in [0.2, 0.25) is 5.02 Å². The first-order chi connectivity index (χ1) is 14.1. The SMILES string of the molecule is CC(Sc1nnc(-c2ccccc2Cl)n1Cc1ccccc1)c1ccc(F)cc1. The van der Waals surface area contributed by atoms with Crippen molar-refractivity contribution in [2.45, 2.75) is 23.9 Å². The summed E-state index contributed by atoms with van der Waals surface area (Å²) in [6.45, 7) is 2.71. The molecule has 6 heteroatoms. The summed E-state index contributed by atoms with van der Waals surface area (Å²) in [5.74, 6) is 0.493. The Balaban J connectivity index is 1.71. The van der Waals surface area contributed by atoms with Crippen LogP contribution in [-0.2, 0) is 6.54 Å². The predicted molar refractivity (Wildman–Crippen MR) is 117 cm³/mol. The fourth-order valence-electron chi connectivity index (χ4n) is 3.09. The minimum absolute atomic E-state index is 0.0911. The highest BCUT2D eigenvalue weighted by Crippen LogP contribution is 2.36. The molecular formula is C23H19ClFN3S. The Morgan fingerprint density at radius 2 is 1.62 bits per heavy atom. The number of hydrogen-bond acceptors (Lipinski definition) is 3. The Labute approximate surface area is 178 Å². The maximum atomic E-state index is 13.3. The van der Waals surface area contributed by atoms with E-state index < -0.39 is 0 Å². The summed E-state index contributed by atoms with van der Waals surface area (Å²) in [4.78, 5) is 0.